The number of carbonyl (C=O) groups is 1. The molecule has 0 aromatic carbocycles. The van der Waals surface area contributed by atoms with Crippen LogP contribution in [0.15, 0.2) is 0 Å². The largest absolute Gasteiger partial charge is 0.394 e. The maximum absolute atomic E-state index is 11.3. The van der Waals surface area contributed by atoms with Crippen LogP contribution in [0.5, 0.6) is 0 Å². The Labute approximate surface area is 72.6 Å². The van der Waals surface area contributed by atoms with Crippen molar-refractivity contribution < 1.29 is 9.90 Å². The Morgan fingerprint density at radius 3 is 2.92 bits per heavy atom. The highest BCUT2D eigenvalue weighted by Crippen LogP contribution is 2.15. The number of aliphatic hydroxyl groups is 1. The SMILES string of the molecule is CCCNC(=O)N1CCC1CO. The van der Waals surface area contributed by atoms with Crippen molar-refractivity contribution in [2.45, 2.75) is 25.8 Å². The van der Waals surface area contributed by atoms with E-state index >= 15 is 0 Å². The van der Waals surface area contributed by atoms with Gasteiger partial charge in [-0.3, -0.25) is 0 Å². The molecule has 1 saturated heterocycles. The minimum Gasteiger partial charge on any atom is -0.394 e. The van der Waals surface area contributed by atoms with Gasteiger partial charge in [-0.05, 0) is 12.8 Å². The summed E-state index contributed by atoms with van der Waals surface area (Å²) in [4.78, 5) is 12.9. The molecule has 1 heterocycles. The lowest BCUT2D eigenvalue weighted by molar-refractivity contribution is 0.0703. The van der Waals surface area contributed by atoms with E-state index in [0.717, 1.165) is 19.4 Å². The number of nitrogens with zero attached hydrogens (tertiary/aromatic N) is 1. The summed E-state index contributed by atoms with van der Waals surface area (Å²) in [5.41, 5.74) is 0. The van der Waals surface area contributed by atoms with Crippen molar-refractivity contribution in [2.75, 3.05) is 19.7 Å². The average molecular weight is 172 g/mol. The molecule has 0 bridgehead atoms. The van der Waals surface area contributed by atoms with E-state index in [4.69, 9.17) is 5.11 Å². The molecule has 1 atom stereocenters. The van der Waals surface area contributed by atoms with E-state index in [1.807, 2.05) is 6.92 Å². The Kier molecular flexibility index (Phi) is 3.34. The lowest BCUT2D eigenvalue weighted by Gasteiger charge is -2.39. The summed E-state index contributed by atoms with van der Waals surface area (Å²) in [7, 11) is 0. The number of rotatable bonds is 3. The number of hydrogen-bond acceptors (Lipinski definition) is 2. The smallest absolute Gasteiger partial charge is 0.317 e. The predicted molar refractivity (Wildman–Crippen MR) is 45.9 cm³/mol. The summed E-state index contributed by atoms with van der Waals surface area (Å²) in [6, 6.07) is 0.0176. The molecular formula is C8H16N2O2. The molecule has 1 aliphatic rings. The number of urea groups is 1. The van der Waals surface area contributed by atoms with Gasteiger partial charge in [0.05, 0.1) is 12.6 Å². The molecule has 1 rings (SSSR count). The number of hydrogen-bond donors (Lipinski definition) is 2. The van der Waals surface area contributed by atoms with Crippen LogP contribution < -0.4 is 5.32 Å². The Balaban J connectivity index is 2.23. The molecule has 0 saturated carbocycles. The maximum atomic E-state index is 11.3. The van der Waals surface area contributed by atoms with Crippen molar-refractivity contribution in [1.82, 2.24) is 10.2 Å². The van der Waals surface area contributed by atoms with Gasteiger partial charge in [0.25, 0.3) is 0 Å². The first-order chi connectivity index (χ1) is 5.79. The summed E-state index contributed by atoms with van der Waals surface area (Å²) >= 11 is 0. The summed E-state index contributed by atoms with van der Waals surface area (Å²) in [6.07, 6.45) is 1.87. The summed E-state index contributed by atoms with van der Waals surface area (Å²) in [5.74, 6) is 0. The highest BCUT2D eigenvalue weighted by molar-refractivity contribution is 5.75. The Morgan fingerprint density at radius 1 is 1.75 bits per heavy atom. The third kappa shape index (κ3) is 1.88. The summed E-state index contributed by atoms with van der Waals surface area (Å²) in [6.45, 7) is 3.59. The van der Waals surface area contributed by atoms with Crippen LogP contribution in [-0.4, -0.2) is 41.8 Å². The lowest BCUT2D eigenvalue weighted by Crippen LogP contribution is -2.56. The first-order valence-corrected chi connectivity index (χ1v) is 4.45. The molecule has 1 unspecified atom stereocenters. The van der Waals surface area contributed by atoms with Crippen LogP contribution in [-0.2, 0) is 0 Å². The molecule has 2 amide bonds. The van der Waals surface area contributed by atoms with Gasteiger partial charge in [0.15, 0.2) is 0 Å². The highest BCUT2D eigenvalue weighted by Gasteiger charge is 2.30. The van der Waals surface area contributed by atoms with Gasteiger partial charge in [-0.2, -0.15) is 0 Å². The van der Waals surface area contributed by atoms with Crippen molar-refractivity contribution >= 4 is 6.03 Å². The third-order valence-electron chi connectivity index (χ3n) is 2.14. The van der Waals surface area contributed by atoms with Crippen LogP contribution >= 0.6 is 0 Å². The van der Waals surface area contributed by atoms with Crippen LogP contribution in [0.25, 0.3) is 0 Å². The van der Waals surface area contributed by atoms with E-state index in [1.165, 1.54) is 0 Å². The van der Waals surface area contributed by atoms with Crippen LogP contribution in [0.3, 0.4) is 0 Å². The van der Waals surface area contributed by atoms with E-state index < -0.39 is 0 Å². The Bertz CT molecular complexity index is 159. The second-order valence-corrected chi connectivity index (χ2v) is 3.05. The molecule has 0 spiro atoms. The molecule has 12 heavy (non-hydrogen) atoms. The Hall–Kier alpha value is -0.770. The topological polar surface area (TPSA) is 52.6 Å². The van der Waals surface area contributed by atoms with Crippen LogP contribution in [0.1, 0.15) is 19.8 Å². The number of likely N-dealkylation sites (tertiary alicyclic amines) is 1. The molecule has 4 nitrogen and oxygen atoms in total. The first kappa shape index (κ1) is 9.32. The zero-order chi connectivity index (χ0) is 8.97. The van der Waals surface area contributed by atoms with Gasteiger partial charge in [-0.15, -0.1) is 0 Å². The molecule has 2 N–H and O–H groups in total. The van der Waals surface area contributed by atoms with Crippen molar-refractivity contribution in [2.24, 2.45) is 0 Å². The second-order valence-electron chi connectivity index (χ2n) is 3.05. The fraction of sp³-hybridized carbons (Fsp3) is 0.875. The minimum absolute atomic E-state index is 0.0397. The van der Waals surface area contributed by atoms with Gasteiger partial charge < -0.3 is 15.3 Å². The zero-order valence-electron chi connectivity index (χ0n) is 7.42. The third-order valence-corrected chi connectivity index (χ3v) is 2.14. The van der Waals surface area contributed by atoms with Crippen LogP contribution in [0, 0.1) is 0 Å². The monoisotopic (exact) mass is 172 g/mol. The van der Waals surface area contributed by atoms with Gasteiger partial charge in [-0.1, -0.05) is 6.92 Å². The molecule has 0 aromatic rings. The van der Waals surface area contributed by atoms with E-state index in [9.17, 15) is 4.79 Å². The molecule has 1 fully saturated rings. The van der Waals surface area contributed by atoms with E-state index in [0.29, 0.717) is 6.54 Å². The molecule has 0 aromatic heterocycles. The second kappa shape index (κ2) is 4.30. The standard InChI is InChI=1S/C8H16N2O2/c1-2-4-9-8(12)10-5-3-7(10)6-11/h7,11H,2-6H2,1H3,(H,9,12). The minimum atomic E-state index is -0.0397. The van der Waals surface area contributed by atoms with E-state index in [-0.39, 0.29) is 18.7 Å². The summed E-state index contributed by atoms with van der Waals surface area (Å²) < 4.78 is 0. The molecule has 1 aliphatic heterocycles. The number of nitrogens with one attached hydrogen (secondary N) is 1. The number of amides is 2. The predicted octanol–water partition coefficient (Wildman–Crippen LogP) is 0.173. The Morgan fingerprint density at radius 2 is 2.50 bits per heavy atom. The molecule has 0 aliphatic carbocycles. The average Bonchev–Trinajstić information content (AvgIpc) is 2.00. The van der Waals surface area contributed by atoms with Crippen molar-refractivity contribution in [3.8, 4) is 0 Å². The van der Waals surface area contributed by atoms with Crippen molar-refractivity contribution in [1.29, 1.82) is 0 Å². The molecule has 4 heteroatoms. The first-order valence-electron chi connectivity index (χ1n) is 4.45. The maximum Gasteiger partial charge on any atom is 0.317 e. The van der Waals surface area contributed by atoms with Gasteiger partial charge >= 0.3 is 6.03 Å². The van der Waals surface area contributed by atoms with Crippen molar-refractivity contribution in [3.63, 3.8) is 0 Å². The van der Waals surface area contributed by atoms with Gasteiger partial charge in [0.1, 0.15) is 0 Å². The molecule has 70 valence electrons. The number of carbonyl (C=O) groups excluding carboxylic acids is 1. The van der Waals surface area contributed by atoms with E-state index in [1.54, 1.807) is 4.90 Å². The van der Waals surface area contributed by atoms with Crippen LogP contribution in [0.4, 0.5) is 4.79 Å². The fourth-order valence-electron chi connectivity index (χ4n) is 1.23. The lowest BCUT2D eigenvalue weighted by atomic mass is 10.1. The van der Waals surface area contributed by atoms with Crippen molar-refractivity contribution in [3.05, 3.63) is 0 Å². The van der Waals surface area contributed by atoms with Gasteiger partial charge in [0, 0.05) is 13.1 Å². The van der Waals surface area contributed by atoms with E-state index in [2.05, 4.69) is 5.32 Å². The zero-order valence-corrected chi connectivity index (χ0v) is 7.42. The quantitative estimate of drug-likeness (QED) is 0.637. The highest BCUT2D eigenvalue weighted by atomic mass is 16.3. The van der Waals surface area contributed by atoms with Gasteiger partial charge in [0.2, 0.25) is 0 Å². The number of aliphatic hydroxyl groups excluding tert-OH is 1. The van der Waals surface area contributed by atoms with Crippen LogP contribution in [0.2, 0.25) is 0 Å². The molecule has 0 radical (unpaired) electrons. The van der Waals surface area contributed by atoms with Gasteiger partial charge in [-0.25, -0.2) is 4.79 Å². The fourth-order valence-corrected chi connectivity index (χ4v) is 1.23. The molecular weight excluding hydrogens is 156 g/mol. The normalized spacial score (nSPS) is 21.8. The summed E-state index contributed by atoms with van der Waals surface area (Å²) in [5, 5.41) is 11.6.